The number of amides is 1. The van der Waals surface area contributed by atoms with Crippen LogP contribution in [0.25, 0.3) is 0 Å². The Morgan fingerprint density at radius 3 is 2.82 bits per heavy atom. The summed E-state index contributed by atoms with van der Waals surface area (Å²) in [5.74, 6) is 0. The molecule has 1 saturated heterocycles. The van der Waals surface area contributed by atoms with Crippen molar-refractivity contribution in [1.29, 1.82) is 5.41 Å². The largest absolute Gasteiger partial charge is 0.398 e. The van der Waals surface area contributed by atoms with Gasteiger partial charge < -0.3 is 21.4 Å². The Bertz CT molecular complexity index is 1100. The fraction of sp³-hybridized carbons (Fsp3) is 0.387. The van der Waals surface area contributed by atoms with Crippen LogP contribution in [0.3, 0.4) is 0 Å². The van der Waals surface area contributed by atoms with E-state index in [1.54, 1.807) is 18.4 Å². The molecule has 7 nitrogen and oxygen atoms in total. The molecule has 204 valence electrons. The molecular weight excluding hydrogens is 472 g/mol. The number of piperidine rings is 1. The Hall–Kier alpha value is -3.71. The molecular formula is C31H44N6O. The molecule has 1 amide bonds. The van der Waals surface area contributed by atoms with Crippen molar-refractivity contribution >= 4 is 29.7 Å². The highest BCUT2D eigenvalue weighted by molar-refractivity contribution is 6.04. The number of nitrogen functional groups attached to an aromatic ring is 1. The molecule has 7 heteroatoms. The predicted octanol–water partition coefficient (Wildman–Crippen LogP) is 6.08. The first kappa shape index (κ1) is 30.5. The fourth-order valence-electron chi connectivity index (χ4n) is 4.43. The molecule has 0 saturated carbocycles. The lowest BCUT2D eigenvalue weighted by atomic mass is 9.98. The van der Waals surface area contributed by atoms with Crippen LogP contribution in [0.5, 0.6) is 0 Å². The van der Waals surface area contributed by atoms with E-state index in [1.165, 1.54) is 5.70 Å². The Balaban J connectivity index is 2.14. The van der Waals surface area contributed by atoms with Gasteiger partial charge in [0.1, 0.15) is 0 Å². The van der Waals surface area contributed by atoms with Gasteiger partial charge in [-0.2, -0.15) is 0 Å². The van der Waals surface area contributed by atoms with Crippen LogP contribution in [0.15, 0.2) is 78.1 Å². The quantitative estimate of drug-likeness (QED) is 0.114. The number of hydrogen-bond donors (Lipinski definition) is 3. The van der Waals surface area contributed by atoms with E-state index in [9.17, 15) is 4.79 Å². The zero-order chi connectivity index (χ0) is 27.9. The van der Waals surface area contributed by atoms with Crippen LogP contribution in [0, 0.1) is 5.41 Å². The third kappa shape index (κ3) is 9.63. The Morgan fingerprint density at radius 1 is 1.34 bits per heavy atom. The third-order valence-electron chi connectivity index (χ3n) is 6.67. The number of nitrogens with zero attached hydrogens (tertiary/aromatic N) is 3. The van der Waals surface area contributed by atoms with E-state index in [0.29, 0.717) is 48.1 Å². The van der Waals surface area contributed by atoms with Crippen molar-refractivity contribution in [2.45, 2.75) is 58.5 Å². The molecule has 0 bridgehead atoms. The van der Waals surface area contributed by atoms with E-state index in [2.05, 4.69) is 71.5 Å². The summed E-state index contributed by atoms with van der Waals surface area (Å²) in [5, 5.41) is 11.4. The maximum absolute atomic E-state index is 11.3. The number of carbonyl (C=O) groups excluding carboxylic acids is 1. The van der Waals surface area contributed by atoms with Crippen molar-refractivity contribution in [2.24, 2.45) is 4.99 Å². The number of benzene rings is 1. The van der Waals surface area contributed by atoms with Gasteiger partial charge in [-0.05, 0) is 57.4 Å². The summed E-state index contributed by atoms with van der Waals surface area (Å²) in [7, 11) is 2.11. The molecule has 1 aliphatic heterocycles. The number of likely N-dealkylation sites (tertiary alicyclic amines) is 1. The molecule has 1 heterocycles. The summed E-state index contributed by atoms with van der Waals surface area (Å²) >= 11 is 0. The Labute approximate surface area is 228 Å². The lowest BCUT2D eigenvalue weighted by molar-refractivity contribution is -0.105. The second-order valence-corrected chi connectivity index (χ2v) is 9.57. The van der Waals surface area contributed by atoms with Gasteiger partial charge in [0.2, 0.25) is 6.41 Å². The summed E-state index contributed by atoms with van der Waals surface area (Å²) in [4.78, 5) is 20.3. The van der Waals surface area contributed by atoms with Gasteiger partial charge in [-0.25, -0.2) is 0 Å². The first-order valence-corrected chi connectivity index (χ1v) is 13.3. The van der Waals surface area contributed by atoms with Crippen LogP contribution in [-0.4, -0.2) is 54.3 Å². The standard InChI is InChI=1S/C31H44N6O/c1-6-8-9-10-11-12-18-37-22-27(15-14-25(37)4)36(5)21-26-19-28(30(33)20-31(26)35-23-38)29(32)16-13-24(3)34-17-7-2/h7-11,13,17,19-20,23,27,32H,2,4,6,12,14-16,18,21-22,33H2,1,3,5H3,(H,35,38)/b9-8-,11-10-,24-13-,32-29?,34-17-. The molecule has 1 aromatic rings. The van der Waals surface area contributed by atoms with Crippen molar-refractivity contribution in [2.75, 3.05) is 31.2 Å². The van der Waals surface area contributed by atoms with Gasteiger partial charge in [-0.3, -0.25) is 14.7 Å². The van der Waals surface area contributed by atoms with Crippen LogP contribution < -0.4 is 11.1 Å². The molecule has 1 aliphatic rings. The van der Waals surface area contributed by atoms with Crippen molar-refractivity contribution in [3.05, 3.63) is 84.3 Å². The molecule has 0 aliphatic carbocycles. The molecule has 1 unspecified atom stereocenters. The second kappa shape index (κ2) is 16.2. The first-order chi connectivity index (χ1) is 18.3. The van der Waals surface area contributed by atoms with Crippen LogP contribution in [0.4, 0.5) is 11.4 Å². The molecule has 38 heavy (non-hydrogen) atoms. The molecule has 4 N–H and O–H groups in total. The highest BCUT2D eigenvalue weighted by Gasteiger charge is 2.25. The van der Waals surface area contributed by atoms with Crippen molar-refractivity contribution in [3.63, 3.8) is 0 Å². The average Bonchev–Trinajstić information content (AvgIpc) is 2.90. The molecule has 0 aromatic heterocycles. The summed E-state index contributed by atoms with van der Waals surface area (Å²) in [6, 6.07) is 4.04. The number of anilines is 2. The van der Waals surface area contributed by atoms with E-state index in [-0.39, 0.29) is 0 Å². The summed E-state index contributed by atoms with van der Waals surface area (Å²) in [5.41, 5.74) is 11.4. The highest BCUT2D eigenvalue weighted by Crippen LogP contribution is 2.28. The zero-order valence-corrected chi connectivity index (χ0v) is 23.2. The number of allylic oxidation sites excluding steroid dienone is 7. The topological polar surface area (TPSA) is 97.8 Å². The van der Waals surface area contributed by atoms with Gasteiger partial charge in [0, 0.05) is 72.4 Å². The molecule has 1 atom stereocenters. The van der Waals surface area contributed by atoms with Gasteiger partial charge in [0.05, 0.1) is 0 Å². The number of carbonyl (C=O) groups is 1. The molecule has 0 spiro atoms. The minimum absolute atomic E-state index is 0.349. The molecule has 2 rings (SSSR count). The smallest absolute Gasteiger partial charge is 0.211 e. The number of aliphatic imine (C=N–C) groups is 1. The van der Waals surface area contributed by atoms with Gasteiger partial charge in [0.25, 0.3) is 0 Å². The van der Waals surface area contributed by atoms with Gasteiger partial charge in [0.15, 0.2) is 0 Å². The molecule has 1 aromatic carbocycles. The fourth-order valence-corrected chi connectivity index (χ4v) is 4.43. The second-order valence-electron chi connectivity index (χ2n) is 9.57. The summed E-state index contributed by atoms with van der Waals surface area (Å²) < 4.78 is 0. The lowest BCUT2D eigenvalue weighted by Crippen LogP contribution is -2.45. The van der Waals surface area contributed by atoms with Gasteiger partial charge in [-0.15, -0.1) is 0 Å². The summed E-state index contributed by atoms with van der Waals surface area (Å²) in [6.45, 7) is 14.4. The van der Waals surface area contributed by atoms with E-state index in [4.69, 9.17) is 11.1 Å². The van der Waals surface area contributed by atoms with E-state index in [1.807, 2.05) is 19.1 Å². The van der Waals surface area contributed by atoms with Crippen LogP contribution in [0.2, 0.25) is 0 Å². The number of rotatable bonds is 15. The van der Waals surface area contributed by atoms with Crippen LogP contribution >= 0.6 is 0 Å². The maximum atomic E-state index is 11.3. The molecule has 1 fully saturated rings. The monoisotopic (exact) mass is 516 g/mol. The number of nitrogens with one attached hydrogen (secondary N) is 2. The Kier molecular flexibility index (Phi) is 13.0. The maximum Gasteiger partial charge on any atom is 0.211 e. The minimum Gasteiger partial charge on any atom is -0.398 e. The Morgan fingerprint density at radius 2 is 2.11 bits per heavy atom. The van der Waals surface area contributed by atoms with Gasteiger partial charge in [-0.1, -0.05) is 56.5 Å². The lowest BCUT2D eigenvalue weighted by Gasteiger charge is -2.40. The zero-order valence-electron chi connectivity index (χ0n) is 23.2. The number of hydrogen-bond acceptors (Lipinski definition) is 6. The van der Waals surface area contributed by atoms with Crippen molar-refractivity contribution in [1.82, 2.24) is 9.80 Å². The summed E-state index contributed by atoms with van der Waals surface area (Å²) in [6.07, 6.45) is 18.8. The predicted molar refractivity (Wildman–Crippen MR) is 163 cm³/mol. The van der Waals surface area contributed by atoms with Gasteiger partial charge >= 0.3 is 0 Å². The van der Waals surface area contributed by atoms with E-state index >= 15 is 0 Å². The first-order valence-electron chi connectivity index (χ1n) is 13.3. The van der Waals surface area contributed by atoms with Crippen molar-refractivity contribution in [3.8, 4) is 0 Å². The van der Waals surface area contributed by atoms with E-state index in [0.717, 1.165) is 50.0 Å². The SMILES string of the molecule is C=C/C=N\C(C)=C/CC(=N)c1cc(CN(C)C2CCC(=C)N(CC/C=C\C=C/CC)C2)c(NC=O)cc1N. The van der Waals surface area contributed by atoms with Crippen LogP contribution in [-0.2, 0) is 11.3 Å². The molecule has 0 radical (unpaired) electrons. The number of nitrogens with two attached hydrogens (primary N) is 1. The van der Waals surface area contributed by atoms with Crippen molar-refractivity contribution < 1.29 is 4.79 Å². The third-order valence-corrected chi connectivity index (χ3v) is 6.67. The van der Waals surface area contributed by atoms with E-state index < -0.39 is 0 Å². The highest BCUT2D eigenvalue weighted by atomic mass is 16.1. The normalized spacial score (nSPS) is 16.7. The van der Waals surface area contributed by atoms with Crippen LogP contribution in [0.1, 0.15) is 57.1 Å². The number of likely N-dealkylation sites (N-methyl/N-ethyl adjacent to an activating group) is 1. The minimum atomic E-state index is 0.349. The average molecular weight is 517 g/mol.